The van der Waals surface area contributed by atoms with Crippen LogP contribution >= 0.6 is 0 Å². The number of aromatic hydroxyl groups is 1. The molecule has 0 aliphatic rings. The van der Waals surface area contributed by atoms with Gasteiger partial charge in [0.1, 0.15) is 5.75 Å². The standard InChI is InChI=1S/C13H11NO.2C2H6.CH3.Y/c1-8-6-7-10-9-4-2-3-5-11(9)14-12(10)13(8)15;2*1-2;;/h2-7,14-15H,1H3;2*1-2H3;1H3;/q;;;-1;. The molecule has 0 unspecified atom stereocenters. The molecule has 3 heteroatoms. The third-order valence-electron chi connectivity index (χ3n) is 2.86. The first-order valence-corrected chi connectivity index (χ1v) is 6.96. The van der Waals surface area contributed by atoms with Gasteiger partial charge in [-0.2, -0.15) is 0 Å². The van der Waals surface area contributed by atoms with Gasteiger partial charge >= 0.3 is 0 Å². The van der Waals surface area contributed by atoms with Crippen molar-refractivity contribution in [3.05, 3.63) is 49.4 Å². The molecule has 3 rings (SSSR count). The Balaban J connectivity index is 0. The van der Waals surface area contributed by atoms with Gasteiger partial charge in [-0.3, -0.25) is 0 Å². The first kappa shape index (κ1) is 22.4. The van der Waals surface area contributed by atoms with Crippen molar-refractivity contribution in [2.24, 2.45) is 0 Å². The van der Waals surface area contributed by atoms with Crippen molar-refractivity contribution in [1.82, 2.24) is 4.98 Å². The summed E-state index contributed by atoms with van der Waals surface area (Å²) in [5.74, 6) is 0.351. The summed E-state index contributed by atoms with van der Waals surface area (Å²) >= 11 is 0. The van der Waals surface area contributed by atoms with Crippen molar-refractivity contribution in [2.75, 3.05) is 0 Å². The van der Waals surface area contributed by atoms with Crippen molar-refractivity contribution in [3.63, 3.8) is 0 Å². The minimum absolute atomic E-state index is 0. The van der Waals surface area contributed by atoms with Gasteiger partial charge in [0.25, 0.3) is 0 Å². The van der Waals surface area contributed by atoms with Crippen LogP contribution in [-0.4, -0.2) is 10.1 Å². The number of hydrogen-bond acceptors (Lipinski definition) is 1. The fourth-order valence-electron chi connectivity index (χ4n) is 2.01. The Morgan fingerprint density at radius 3 is 2.05 bits per heavy atom. The summed E-state index contributed by atoms with van der Waals surface area (Å²) in [6.45, 7) is 9.90. The topological polar surface area (TPSA) is 36.0 Å². The molecule has 21 heavy (non-hydrogen) atoms. The maximum Gasteiger partial charge on any atom is 0.142 e. The SMILES string of the molecule is CC.CC.Cc1ccc2c([nH]c3ccccc32)c1O.[CH3-].[Y]. The first-order chi connectivity index (χ1) is 9.27. The van der Waals surface area contributed by atoms with Gasteiger partial charge in [-0.05, 0) is 18.6 Å². The summed E-state index contributed by atoms with van der Waals surface area (Å²) in [5.41, 5.74) is 2.79. The van der Waals surface area contributed by atoms with Crippen LogP contribution in [0.1, 0.15) is 33.3 Å². The van der Waals surface area contributed by atoms with Gasteiger partial charge < -0.3 is 17.5 Å². The zero-order valence-electron chi connectivity index (χ0n) is 14.0. The summed E-state index contributed by atoms with van der Waals surface area (Å²) in [5, 5.41) is 12.2. The number of H-pyrrole nitrogens is 1. The molecule has 0 amide bonds. The molecular formula is C18H26NOY-. The van der Waals surface area contributed by atoms with Crippen molar-refractivity contribution in [2.45, 2.75) is 34.6 Å². The quantitative estimate of drug-likeness (QED) is 0.485. The Morgan fingerprint density at radius 1 is 0.857 bits per heavy atom. The number of para-hydroxylation sites is 1. The van der Waals surface area contributed by atoms with E-state index in [1.165, 1.54) is 0 Å². The average molecular weight is 361 g/mol. The van der Waals surface area contributed by atoms with E-state index in [-0.39, 0.29) is 40.1 Å². The van der Waals surface area contributed by atoms with Gasteiger partial charge in [-0.1, -0.05) is 58.0 Å². The Kier molecular flexibility index (Phi) is 11.5. The number of fused-ring (bicyclic) bond motifs is 3. The molecule has 3 aromatic rings. The van der Waals surface area contributed by atoms with Crippen LogP contribution in [-0.2, 0) is 32.7 Å². The smallest absolute Gasteiger partial charge is 0.142 e. The van der Waals surface area contributed by atoms with Crippen molar-refractivity contribution in [1.29, 1.82) is 0 Å². The summed E-state index contributed by atoms with van der Waals surface area (Å²) in [7, 11) is 0. The van der Waals surface area contributed by atoms with Gasteiger partial charge in [0.05, 0.1) is 5.52 Å². The minimum Gasteiger partial charge on any atom is -0.505 e. The largest absolute Gasteiger partial charge is 0.505 e. The Morgan fingerprint density at radius 2 is 1.43 bits per heavy atom. The third kappa shape index (κ3) is 4.56. The molecule has 0 aliphatic heterocycles. The van der Waals surface area contributed by atoms with Crippen molar-refractivity contribution in [3.8, 4) is 5.75 Å². The van der Waals surface area contributed by atoms with Gasteiger partial charge in [0.15, 0.2) is 0 Å². The van der Waals surface area contributed by atoms with Crippen LogP contribution in [0.25, 0.3) is 21.8 Å². The van der Waals surface area contributed by atoms with Gasteiger partial charge in [-0.15, -0.1) is 0 Å². The normalized spacial score (nSPS) is 8.62. The number of hydrogen-bond donors (Lipinski definition) is 2. The predicted molar refractivity (Wildman–Crippen MR) is 91.3 cm³/mol. The molecule has 113 valence electrons. The zero-order valence-corrected chi connectivity index (χ0v) is 16.8. The molecule has 1 aromatic heterocycles. The molecule has 0 atom stereocenters. The molecule has 2 N–H and O–H groups in total. The van der Waals surface area contributed by atoms with E-state index in [1.54, 1.807) is 0 Å². The number of nitrogens with one attached hydrogen (secondary N) is 1. The fraction of sp³-hybridized carbons (Fsp3) is 0.278. The van der Waals surface area contributed by atoms with E-state index in [4.69, 9.17) is 0 Å². The van der Waals surface area contributed by atoms with Gasteiger partial charge in [0.2, 0.25) is 0 Å². The molecule has 0 fully saturated rings. The summed E-state index contributed by atoms with van der Waals surface area (Å²) in [4.78, 5) is 3.24. The third-order valence-corrected chi connectivity index (χ3v) is 2.86. The van der Waals surface area contributed by atoms with Crippen LogP contribution in [0.4, 0.5) is 0 Å². The predicted octanol–water partition coefficient (Wildman–Crippen LogP) is 5.84. The number of aromatic amines is 1. The molecular weight excluding hydrogens is 335 g/mol. The van der Waals surface area contributed by atoms with Crippen molar-refractivity contribution >= 4 is 21.8 Å². The van der Waals surface area contributed by atoms with Crippen molar-refractivity contribution < 1.29 is 37.8 Å². The number of rotatable bonds is 0. The molecule has 2 aromatic carbocycles. The van der Waals surface area contributed by atoms with E-state index in [1.807, 2.05) is 65.0 Å². The van der Waals surface area contributed by atoms with Crippen LogP contribution in [0.2, 0.25) is 0 Å². The van der Waals surface area contributed by atoms with E-state index in [0.717, 1.165) is 27.4 Å². The molecule has 0 aliphatic carbocycles. The molecule has 1 heterocycles. The van der Waals surface area contributed by atoms with Crippen LogP contribution in [0, 0.1) is 14.4 Å². The summed E-state index contributed by atoms with van der Waals surface area (Å²) < 4.78 is 0. The maximum absolute atomic E-state index is 9.93. The van der Waals surface area contributed by atoms with E-state index in [0.29, 0.717) is 5.75 Å². The number of phenolic OH excluding ortho intramolecular Hbond substituents is 1. The Hall–Kier alpha value is -0.856. The number of benzene rings is 2. The average Bonchev–Trinajstić information content (AvgIpc) is 2.87. The molecule has 1 radical (unpaired) electrons. The van der Waals surface area contributed by atoms with Gasteiger partial charge in [0, 0.05) is 49.0 Å². The molecule has 0 saturated carbocycles. The fourth-order valence-corrected chi connectivity index (χ4v) is 2.01. The second-order valence-electron chi connectivity index (χ2n) is 3.82. The second kappa shape index (κ2) is 10.8. The monoisotopic (exact) mass is 361 g/mol. The van der Waals surface area contributed by atoms with Gasteiger partial charge in [-0.25, -0.2) is 0 Å². The van der Waals surface area contributed by atoms with E-state index < -0.39 is 0 Å². The minimum atomic E-state index is 0. The van der Waals surface area contributed by atoms with E-state index in [2.05, 4.69) is 11.1 Å². The zero-order chi connectivity index (χ0) is 14.4. The van der Waals surface area contributed by atoms with Crippen LogP contribution in [0.15, 0.2) is 36.4 Å². The van der Waals surface area contributed by atoms with Crippen LogP contribution < -0.4 is 0 Å². The van der Waals surface area contributed by atoms with E-state index >= 15 is 0 Å². The summed E-state index contributed by atoms with van der Waals surface area (Å²) in [6.07, 6.45) is 0. The second-order valence-corrected chi connectivity index (χ2v) is 3.82. The first-order valence-electron chi connectivity index (χ1n) is 6.96. The van der Waals surface area contributed by atoms with Crippen LogP contribution in [0.3, 0.4) is 0 Å². The molecule has 0 bridgehead atoms. The van der Waals surface area contributed by atoms with E-state index in [9.17, 15) is 5.11 Å². The summed E-state index contributed by atoms with van der Waals surface area (Å²) in [6, 6.07) is 12.1. The maximum atomic E-state index is 9.93. The number of aryl methyl sites for hydroxylation is 1. The molecule has 0 saturated heterocycles. The number of aromatic nitrogens is 1. The Bertz CT molecular complexity index is 659. The van der Waals surface area contributed by atoms with Crippen LogP contribution in [0.5, 0.6) is 5.75 Å². The Labute approximate surface area is 153 Å². The molecule has 0 spiro atoms. The molecule has 2 nitrogen and oxygen atoms in total. The number of phenols is 1.